The molecule has 0 radical (unpaired) electrons. The zero-order valence-corrected chi connectivity index (χ0v) is 23.1. The van der Waals surface area contributed by atoms with Crippen LogP contribution in [0.3, 0.4) is 0 Å². The molecule has 0 saturated carbocycles. The van der Waals surface area contributed by atoms with Crippen molar-refractivity contribution in [2.45, 2.75) is 66.9 Å². The molecular formula is C31H40N4O2. The van der Waals surface area contributed by atoms with Crippen LogP contribution < -0.4 is 21.6 Å². The number of aryl methyl sites for hydroxylation is 2. The summed E-state index contributed by atoms with van der Waals surface area (Å²) in [6.07, 6.45) is 0.629. The lowest BCUT2D eigenvalue weighted by molar-refractivity contribution is 0.0976. The van der Waals surface area contributed by atoms with Crippen LogP contribution in [0.5, 0.6) is 5.75 Å². The molecule has 37 heavy (non-hydrogen) atoms. The number of nitrogens with one attached hydrogen (secondary N) is 1. The first kappa shape index (κ1) is 27.8. The summed E-state index contributed by atoms with van der Waals surface area (Å²) in [5, 5.41) is 5.72. The van der Waals surface area contributed by atoms with Crippen molar-refractivity contribution in [1.29, 1.82) is 0 Å². The molecule has 0 aliphatic rings. The Hall–Kier alpha value is -3.80. The summed E-state index contributed by atoms with van der Waals surface area (Å²) in [4.78, 5) is 12.3. The lowest BCUT2D eigenvalue weighted by Gasteiger charge is -2.28. The van der Waals surface area contributed by atoms with E-state index in [2.05, 4.69) is 95.3 Å². The van der Waals surface area contributed by atoms with E-state index in [0.29, 0.717) is 11.5 Å². The Bertz CT molecular complexity index is 1230. The van der Waals surface area contributed by atoms with Crippen molar-refractivity contribution in [3.8, 4) is 16.9 Å². The first-order chi connectivity index (χ1) is 17.4. The number of carbonyl (C=O) groups excluding carboxylic acids is 1. The fourth-order valence-corrected chi connectivity index (χ4v) is 4.50. The van der Waals surface area contributed by atoms with Crippen LogP contribution in [0.4, 0.5) is 0 Å². The van der Waals surface area contributed by atoms with Gasteiger partial charge >= 0.3 is 0 Å². The maximum absolute atomic E-state index is 12.3. The van der Waals surface area contributed by atoms with Gasteiger partial charge in [-0.05, 0) is 89.2 Å². The summed E-state index contributed by atoms with van der Waals surface area (Å²) in [6, 6.07) is 20.4. The van der Waals surface area contributed by atoms with Gasteiger partial charge in [0.05, 0.1) is 0 Å². The predicted octanol–water partition coefficient (Wildman–Crippen LogP) is 6.57. The quantitative estimate of drug-likeness (QED) is 0.148. The van der Waals surface area contributed by atoms with Crippen LogP contribution in [-0.2, 0) is 0 Å². The highest BCUT2D eigenvalue weighted by molar-refractivity contribution is 6.05. The SMILES string of the molecule is Cc1cc(OC(CC(C)(C)C)c2ccc(C(=O)N/C(N)=N/N)cc2)cc(C)c1-c1ccc(C(C)C)cc1. The van der Waals surface area contributed by atoms with E-state index >= 15 is 0 Å². The van der Waals surface area contributed by atoms with Gasteiger partial charge in [-0.2, -0.15) is 0 Å². The summed E-state index contributed by atoms with van der Waals surface area (Å²) >= 11 is 0. The number of amides is 1. The van der Waals surface area contributed by atoms with Crippen molar-refractivity contribution in [3.63, 3.8) is 0 Å². The zero-order chi connectivity index (χ0) is 27.3. The van der Waals surface area contributed by atoms with Gasteiger partial charge in [0.1, 0.15) is 11.9 Å². The van der Waals surface area contributed by atoms with E-state index in [-0.39, 0.29) is 23.4 Å². The zero-order valence-electron chi connectivity index (χ0n) is 23.1. The largest absolute Gasteiger partial charge is 0.486 e. The molecule has 0 spiro atoms. The Labute approximate surface area is 221 Å². The Kier molecular flexibility index (Phi) is 8.64. The smallest absolute Gasteiger partial charge is 0.257 e. The second-order valence-electron chi connectivity index (χ2n) is 11.2. The van der Waals surface area contributed by atoms with Crippen LogP contribution in [-0.4, -0.2) is 11.9 Å². The maximum Gasteiger partial charge on any atom is 0.257 e. The minimum Gasteiger partial charge on any atom is -0.486 e. The van der Waals surface area contributed by atoms with Gasteiger partial charge in [-0.3, -0.25) is 10.1 Å². The number of hydrazone groups is 1. The molecule has 3 aromatic rings. The third-order valence-electron chi connectivity index (χ3n) is 6.37. The topological polar surface area (TPSA) is 103 Å². The number of nitrogens with two attached hydrogens (primary N) is 2. The second-order valence-corrected chi connectivity index (χ2v) is 11.2. The highest BCUT2D eigenvalue weighted by Crippen LogP contribution is 2.37. The van der Waals surface area contributed by atoms with Crippen LogP contribution in [0, 0.1) is 19.3 Å². The number of guanidine groups is 1. The van der Waals surface area contributed by atoms with Crippen molar-refractivity contribution in [3.05, 3.63) is 88.5 Å². The van der Waals surface area contributed by atoms with Crippen LogP contribution in [0.25, 0.3) is 11.1 Å². The first-order valence-electron chi connectivity index (χ1n) is 12.7. The number of hydrogen-bond acceptors (Lipinski definition) is 4. The molecule has 1 atom stereocenters. The van der Waals surface area contributed by atoms with E-state index in [0.717, 1.165) is 17.7 Å². The molecule has 0 fully saturated rings. The molecule has 1 amide bonds. The van der Waals surface area contributed by atoms with Crippen molar-refractivity contribution in [1.82, 2.24) is 5.32 Å². The number of rotatable bonds is 7. The van der Waals surface area contributed by atoms with E-state index in [1.807, 2.05) is 12.1 Å². The molecule has 0 aromatic heterocycles. The lowest BCUT2D eigenvalue weighted by Crippen LogP contribution is -2.37. The number of hydrogen-bond donors (Lipinski definition) is 3. The average Bonchev–Trinajstić information content (AvgIpc) is 2.82. The van der Waals surface area contributed by atoms with Crippen molar-refractivity contribution in [2.75, 3.05) is 0 Å². The first-order valence-corrected chi connectivity index (χ1v) is 12.7. The maximum atomic E-state index is 12.3. The molecule has 5 N–H and O–H groups in total. The molecule has 0 bridgehead atoms. The average molecular weight is 501 g/mol. The summed E-state index contributed by atoms with van der Waals surface area (Å²) in [6.45, 7) is 15.3. The molecule has 0 heterocycles. The molecule has 0 aliphatic heterocycles. The fourth-order valence-electron chi connectivity index (χ4n) is 4.50. The number of benzene rings is 3. The monoisotopic (exact) mass is 500 g/mol. The second kappa shape index (κ2) is 11.5. The van der Waals surface area contributed by atoms with E-state index in [9.17, 15) is 4.79 Å². The highest BCUT2D eigenvalue weighted by atomic mass is 16.5. The molecule has 1 unspecified atom stereocenters. The van der Waals surface area contributed by atoms with Gasteiger partial charge in [0.25, 0.3) is 5.91 Å². The molecule has 196 valence electrons. The standard InChI is InChI=1S/C31H40N4O2/c1-19(2)22-8-12-24(13-9-22)28-20(3)16-26(17-21(28)4)37-27(18-31(5,6)7)23-10-14-25(15-11-23)29(36)34-30(32)35-33/h8-17,19,27H,18,33H2,1-7H3,(H3,32,34,35,36). The van der Waals surface area contributed by atoms with E-state index in [4.69, 9.17) is 16.3 Å². The number of ether oxygens (including phenoxy) is 1. The fraction of sp³-hybridized carbons (Fsp3) is 0.355. The van der Waals surface area contributed by atoms with Gasteiger partial charge in [0.2, 0.25) is 5.96 Å². The van der Waals surface area contributed by atoms with E-state index in [1.165, 1.54) is 27.8 Å². The molecule has 3 rings (SSSR count). The van der Waals surface area contributed by atoms with Gasteiger partial charge < -0.3 is 16.3 Å². The third kappa shape index (κ3) is 7.35. The van der Waals surface area contributed by atoms with Crippen LogP contribution in [0.1, 0.15) is 85.7 Å². The van der Waals surface area contributed by atoms with Gasteiger partial charge in [-0.15, -0.1) is 5.10 Å². The molecule has 6 nitrogen and oxygen atoms in total. The Morgan fingerprint density at radius 3 is 1.97 bits per heavy atom. The van der Waals surface area contributed by atoms with Crippen molar-refractivity contribution < 1.29 is 9.53 Å². The highest BCUT2D eigenvalue weighted by Gasteiger charge is 2.23. The van der Waals surface area contributed by atoms with Crippen LogP contribution in [0.2, 0.25) is 0 Å². The van der Waals surface area contributed by atoms with Crippen molar-refractivity contribution in [2.24, 2.45) is 22.1 Å². The van der Waals surface area contributed by atoms with Crippen LogP contribution >= 0.6 is 0 Å². The van der Waals surface area contributed by atoms with Gasteiger partial charge in [-0.25, -0.2) is 0 Å². The molecule has 0 aliphatic carbocycles. The summed E-state index contributed by atoms with van der Waals surface area (Å²) in [5.74, 6) is 5.95. The predicted molar refractivity (Wildman–Crippen MR) is 153 cm³/mol. The Morgan fingerprint density at radius 2 is 1.49 bits per heavy atom. The van der Waals surface area contributed by atoms with Crippen molar-refractivity contribution >= 4 is 11.9 Å². The molecular weight excluding hydrogens is 460 g/mol. The minimum atomic E-state index is -0.366. The molecule has 0 saturated heterocycles. The van der Waals surface area contributed by atoms with Gasteiger partial charge in [0, 0.05) is 5.56 Å². The summed E-state index contributed by atoms with van der Waals surface area (Å²) < 4.78 is 6.61. The van der Waals surface area contributed by atoms with Crippen LogP contribution in [0.15, 0.2) is 65.8 Å². The number of nitrogens with zero attached hydrogens (tertiary/aromatic N) is 1. The normalized spacial score (nSPS) is 12.9. The minimum absolute atomic E-state index is 0.0367. The molecule has 3 aromatic carbocycles. The summed E-state index contributed by atoms with van der Waals surface area (Å²) in [5.41, 5.74) is 13.1. The lowest BCUT2D eigenvalue weighted by atomic mass is 9.86. The number of carbonyl (C=O) groups is 1. The Balaban J connectivity index is 1.88. The van der Waals surface area contributed by atoms with E-state index < -0.39 is 0 Å². The summed E-state index contributed by atoms with van der Waals surface area (Å²) in [7, 11) is 0. The van der Waals surface area contributed by atoms with Gasteiger partial charge in [-0.1, -0.05) is 71.0 Å². The van der Waals surface area contributed by atoms with Gasteiger partial charge in [0.15, 0.2) is 0 Å². The third-order valence-corrected chi connectivity index (χ3v) is 6.37. The molecule has 6 heteroatoms. The van der Waals surface area contributed by atoms with E-state index in [1.54, 1.807) is 12.1 Å². The Morgan fingerprint density at radius 1 is 0.946 bits per heavy atom.